The minimum Gasteiger partial charge on any atom is -0.508 e. The topological polar surface area (TPSA) is 73.7 Å². The van der Waals surface area contributed by atoms with Gasteiger partial charge in [0.25, 0.3) is 0 Å². The van der Waals surface area contributed by atoms with Crippen LogP contribution < -0.4 is 4.90 Å². The van der Waals surface area contributed by atoms with Gasteiger partial charge in [0.15, 0.2) is 5.69 Å². The van der Waals surface area contributed by atoms with Crippen LogP contribution in [0.3, 0.4) is 0 Å². The van der Waals surface area contributed by atoms with E-state index in [-0.39, 0.29) is 11.4 Å². The van der Waals surface area contributed by atoms with E-state index in [0.29, 0.717) is 5.92 Å². The summed E-state index contributed by atoms with van der Waals surface area (Å²) in [7, 11) is 0. The van der Waals surface area contributed by atoms with Crippen LogP contribution >= 0.6 is 0 Å². The number of nitrogens with zero attached hydrogens (tertiary/aromatic N) is 2. The smallest absolute Gasteiger partial charge is 0.354 e. The van der Waals surface area contributed by atoms with Crippen molar-refractivity contribution in [1.82, 2.24) is 4.98 Å². The summed E-state index contributed by atoms with van der Waals surface area (Å²) in [5, 5.41) is 18.4. The SMILES string of the molecule is O=C(O)c1cccc(N2CCC(c3ccc(O)cc3)CC2)n1. The molecule has 5 heteroatoms. The van der Waals surface area contributed by atoms with Crippen LogP contribution in [0.4, 0.5) is 5.82 Å². The van der Waals surface area contributed by atoms with Crippen LogP contribution in [0.5, 0.6) is 5.75 Å². The number of piperidine rings is 1. The number of pyridine rings is 1. The number of anilines is 1. The molecule has 2 aromatic rings. The summed E-state index contributed by atoms with van der Waals surface area (Å²) in [5.74, 6) is 0.486. The standard InChI is InChI=1S/C17H18N2O3/c20-14-6-4-12(5-7-14)13-8-10-19(11-9-13)16-3-1-2-15(18-16)17(21)22/h1-7,13,20H,8-11H2,(H,21,22). The third kappa shape index (κ3) is 3.03. The van der Waals surface area contributed by atoms with Gasteiger partial charge in [-0.3, -0.25) is 0 Å². The minimum absolute atomic E-state index is 0.0816. The zero-order valence-corrected chi connectivity index (χ0v) is 12.1. The molecule has 1 fully saturated rings. The fraction of sp³-hybridized carbons (Fsp3) is 0.294. The minimum atomic E-state index is -0.999. The summed E-state index contributed by atoms with van der Waals surface area (Å²) in [5.41, 5.74) is 1.32. The monoisotopic (exact) mass is 298 g/mol. The predicted molar refractivity (Wildman–Crippen MR) is 83.5 cm³/mol. The Hall–Kier alpha value is -2.56. The summed E-state index contributed by atoms with van der Waals surface area (Å²) >= 11 is 0. The first-order chi connectivity index (χ1) is 10.6. The van der Waals surface area contributed by atoms with Gasteiger partial charge in [-0.2, -0.15) is 0 Å². The number of aromatic carboxylic acids is 1. The number of rotatable bonds is 3. The van der Waals surface area contributed by atoms with Crippen molar-refractivity contribution < 1.29 is 15.0 Å². The van der Waals surface area contributed by atoms with Gasteiger partial charge in [0.2, 0.25) is 0 Å². The maximum Gasteiger partial charge on any atom is 0.354 e. The van der Waals surface area contributed by atoms with Crippen LogP contribution in [0.2, 0.25) is 0 Å². The number of carbonyl (C=O) groups is 1. The van der Waals surface area contributed by atoms with Crippen LogP contribution in [0.25, 0.3) is 0 Å². The maximum atomic E-state index is 11.0. The molecule has 0 bridgehead atoms. The zero-order chi connectivity index (χ0) is 15.5. The molecule has 3 rings (SSSR count). The lowest BCUT2D eigenvalue weighted by atomic mass is 9.89. The highest BCUT2D eigenvalue weighted by Gasteiger charge is 2.22. The van der Waals surface area contributed by atoms with Gasteiger partial charge in [0.05, 0.1) is 0 Å². The largest absolute Gasteiger partial charge is 0.508 e. The fourth-order valence-electron chi connectivity index (χ4n) is 2.91. The molecular formula is C17H18N2O3. The van der Waals surface area contributed by atoms with Gasteiger partial charge < -0.3 is 15.1 Å². The summed E-state index contributed by atoms with van der Waals surface area (Å²) in [6.45, 7) is 1.70. The molecule has 0 saturated carbocycles. The molecule has 1 aromatic heterocycles. The molecule has 1 aromatic carbocycles. The lowest BCUT2D eigenvalue weighted by molar-refractivity contribution is 0.0690. The van der Waals surface area contributed by atoms with Crippen LogP contribution in [0, 0.1) is 0 Å². The molecular weight excluding hydrogens is 280 g/mol. The highest BCUT2D eigenvalue weighted by molar-refractivity contribution is 5.85. The van der Waals surface area contributed by atoms with E-state index >= 15 is 0 Å². The van der Waals surface area contributed by atoms with E-state index in [1.807, 2.05) is 18.2 Å². The number of carboxylic acids is 1. The van der Waals surface area contributed by atoms with Crippen molar-refractivity contribution in [3.63, 3.8) is 0 Å². The molecule has 1 aliphatic rings. The Kier molecular flexibility index (Phi) is 3.96. The number of hydrogen-bond donors (Lipinski definition) is 2. The average Bonchev–Trinajstić information content (AvgIpc) is 2.56. The van der Waals surface area contributed by atoms with Gasteiger partial charge in [-0.1, -0.05) is 18.2 Å². The summed E-state index contributed by atoms with van der Waals surface area (Å²) in [4.78, 5) is 17.3. The molecule has 2 N–H and O–H groups in total. The molecule has 0 radical (unpaired) electrons. The van der Waals surface area contributed by atoms with E-state index in [1.54, 1.807) is 18.2 Å². The maximum absolute atomic E-state index is 11.0. The van der Waals surface area contributed by atoms with Gasteiger partial charge in [0.1, 0.15) is 11.6 Å². The fourth-order valence-corrected chi connectivity index (χ4v) is 2.91. The van der Waals surface area contributed by atoms with Crippen molar-refractivity contribution >= 4 is 11.8 Å². The normalized spacial score (nSPS) is 15.7. The van der Waals surface area contributed by atoms with Crippen molar-refractivity contribution in [3.8, 4) is 5.75 Å². The van der Waals surface area contributed by atoms with Gasteiger partial charge in [-0.25, -0.2) is 9.78 Å². The highest BCUT2D eigenvalue weighted by atomic mass is 16.4. The Labute approximate surface area is 128 Å². The average molecular weight is 298 g/mol. The van der Waals surface area contributed by atoms with Gasteiger partial charge in [-0.05, 0) is 48.6 Å². The van der Waals surface area contributed by atoms with E-state index in [1.165, 1.54) is 11.6 Å². The molecule has 2 heterocycles. The van der Waals surface area contributed by atoms with Crippen molar-refractivity contribution in [2.45, 2.75) is 18.8 Å². The van der Waals surface area contributed by atoms with Crippen molar-refractivity contribution in [2.24, 2.45) is 0 Å². The van der Waals surface area contributed by atoms with Gasteiger partial charge in [0, 0.05) is 13.1 Å². The number of carboxylic acid groups (broad SMARTS) is 1. The quantitative estimate of drug-likeness (QED) is 0.911. The number of phenolic OH excluding ortho intramolecular Hbond substituents is 1. The summed E-state index contributed by atoms with van der Waals surface area (Å²) in [6, 6.07) is 12.5. The first-order valence-corrected chi connectivity index (χ1v) is 7.38. The Morgan fingerprint density at radius 3 is 2.41 bits per heavy atom. The number of hydrogen-bond acceptors (Lipinski definition) is 4. The summed E-state index contributed by atoms with van der Waals surface area (Å²) < 4.78 is 0. The number of aromatic nitrogens is 1. The Balaban J connectivity index is 1.67. The van der Waals surface area contributed by atoms with E-state index in [2.05, 4.69) is 9.88 Å². The molecule has 0 spiro atoms. The van der Waals surface area contributed by atoms with Gasteiger partial charge >= 0.3 is 5.97 Å². The molecule has 1 saturated heterocycles. The van der Waals surface area contributed by atoms with E-state index < -0.39 is 5.97 Å². The molecule has 0 atom stereocenters. The molecule has 0 amide bonds. The molecule has 0 aliphatic carbocycles. The first kappa shape index (κ1) is 14.4. The molecule has 22 heavy (non-hydrogen) atoms. The summed E-state index contributed by atoms with van der Waals surface area (Å²) in [6.07, 6.45) is 1.98. The Morgan fingerprint density at radius 1 is 1.09 bits per heavy atom. The van der Waals surface area contributed by atoms with Crippen LogP contribution in [0.15, 0.2) is 42.5 Å². The number of benzene rings is 1. The lowest BCUT2D eigenvalue weighted by Gasteiger charge is -2.33. The first-order valence-electron chi connectivity index (χ1n) is 7.38. The third-order valence-electron chi connectivity index (χ3n) is 4.14. The van der Waals surface area contributed by atoms with Crippen molar-refractivity contribution in [2.75, 3.05) is 18.0 Å². The second kappa shape index (κ2) is 6.05. The molecule has 1 aliphatic heterocycles. The van der Waals surface area contributed by atoms with Crippen LogP contribution in [-0.4, -0.2) is 34.3 Å². The van der Waals surface area contributed by atoms with Crippen molar-refractivity contribution in [3.05, 3.63) is 53.7 Å². The van der Waals surface area contributed by atoms with E-state index in [4.69, 9.17) is 5.11 Å². The van der Waals surface area contributed by atoms with Gasteiger partial charge in [-0.15, -0.1) is 0 Å². The van der Waals surface area contributed by atoms with Crippen LogP contribution in [0.1, 0.15) is 34.8 Å². The van der Waals surface area contributed by atoms with E-state index in [0.717, 1.165) is 31.7 Å². The Bertz CT molecular complexity index is 662. The molecule has 0 unspecified atom stereocenters. The van der Waals surface area contributed by atoms with Crippen molar-refractivity contribution in [1.29, 1.82) is 0 Å². The van der Waals surface area contributed by atoms with E-state index in [9.17, 15) is 9.90 Å². The lowest BCUT2D eigenvalue weighted by Crippen LogP contribution is -2.33. The number of aromatic hydroxyl groups is 1. The molecule has 114 valence electrons. The second-order valence-electron chi connectivity index (χ2n) is 5.54. The third-order valence-corrected chi connectivity index (χ3v) is 4.14. The highest BCUT2D eigenvalue weighted by Crippen LogP contribution is 2.30. The second-order valence-corrected chi connectivity index (χ2v) is 5.54. The van der Waals surface area contributed by atoms with Crippen LogP contribution in [-0.2, 0) is 0 Å². The predicted octanol–water partition coefficient (Wildman–Crippen LogP) is 2.87. The zero-order valence-electron chi connectivity index (χ0n) is 12.1. The Morgan fingerprint density at radius 2 is 1.77 bits per heavy atom. The molecule has 5 nitrogen and oxygen atoms in total. The number of phenols is 1.